The van der Waals surface area contributed by atoms with Gasteiger partial charge < -0.3 is 19.9 Å². The van der Waals surface area contributed by atoms with Gasteiger partial charge in [0.1, 0.15) is 23.5 Å². The molecule has 0 saturated carbocycles. The van der Waals surface area contributed by atoms with Crippen molar-refractivity contribution in [2.24, 2.45) is 0 Å². The van der Waals surface area contributed by atoms with E-state index in [1.54, 1.807) is 35.4 Å². The lowest BCUT2D eigenvalue weighted by atomic mass is 9.79. The molecule has 0 amide bonds. The molecule has 0 bridgehead atoms. The van der Waals surface area contributed by atoms with Crippen LogP contribution in [0.4, 0.5) is 5.95 Å². The fourth-order valence-electron chi connectivity index (χ4n) is 4.80. The smallest absolute Gasteiger partial charge is 0.245 e. The predicted octanol–water partition coefficient (Wildman–Crippen LogP) is 3.38. The maximum Gasteiger partial charge on any atom is 0.245 e. The summed E-state index contributed by atoms with van der Waals surface area (Å²) in [4.78, 5) is 22.2. The van der Waals surface area contributed by atoms with E-state index >= 15 is 0 Å². The zero-order valence-electron chi connectivity index (χ0n) is 20.0. The van der Waals surface area contributed by atoms with E-state index in [4.69, 9.17) is 0 Å². The minimum absolute atomic E-state index is 0.0159. The number of Topliss-reactive ketones (excluding diaryl/α,β-unsaturated/α-hetero) is 1. The molecule has 0 radical (unpaired) electrons. The molecule has 0 spiro atoms. The lowest BCUT2D eigenvalue weighted by Gasteiger charge is -2.48. The van der Waals surface area contributed by atoms with Crippen LogP contribution in [0.5, 0.6) is 5.75 Å². The van der Waals surface area contributed by atoms with Crippen molar-refractivity contribution in [2.45, 2.75) is 64.6 Å². The number of ketones is 1. The van der Waals surface area contributed by atoms with E-state index in [9.17, 15) is 9.90 Å². The van der Waals surface area contributed by atoms with E-state index in [1.807, 2.05) is 13.1 Å². The Bertz CT molecular complexity index is 1150. The van der Waals surface area contributed by atoms with Gasteiger partial charge in [-0.3, -0.25) is 4.79 Å². The molecule has 174 valence electrons. The summed E-state index contributed by atoms with van der Waals surface area (Å²) in [6, 6.07) is 5.46. The number of hydrogen-bond acceptors (Lipinski definition) is 8. The van der Waals surface area contributed by atoms with E-state index < -0.39 is 0 Å². The summed E-state index contributed by atoms with van der Waals surface area (Å²) in [5.41, 5.74) is 2.10. The van der Waals surface area contributed by atoms with Crippen LogP contribution in [-0.4, -0.2) is 59.8 Å². The number of benzene rings is 1. The van der Waals surface area contributed by atoms with Crippen LogP contribution < -0.4 is 10.2 Å². The number of phenols is 1. The number of hydrogen-bond donors (Lipinski definition) is 2. The van der Waals surface area contributed by atoms with Gasteiger partial charge >= 0.3 is 0 Å². The molecule has 4 rings (SSSR count). The second-order valence-corrected chi connectivity index (χ2v) is 10.1. The summed E-state index contributed by atoms with van der Waals surface area (Å²) in [6.07, 6.45) is 6.75. The average molecular weight is 450 g/mol. The van der Waals surface area contributed by atoms with Gasteiger partial charge in [-0.25, -0.2) is 9.97 Å². The summed E-state index contributed by atoms with van der Waals surface area (Å²) < 4.78 is 1.68. The predicted molar refractivity (Wildman–Crippen MR) is 127 cm³/mol. The monoisotopic (exact) mass is 449 g/mol. The van der Waals surface area contributed by atoms with Crippen molar-refractivity contribution >= 4 is 11.7 Å². The van der Waals surface area contributed by atoms with Crippen LogP contribution in [0, 0.1) is 0 Å². The Balaban J connectivity index is 1.53. The molecule has 33 heavy (non-hydrogen) atoms. The van der Waals surface area contributed by atoms with E-state index in [2.05, 4.69) is 58.1 Å². The number of aromatic nitrogens is 5. The Hall–Kier alpha value is -3.33. The SMILES string of the molecule is CC(=O)c1cn(-c2ccc(-c3cnc(N(C)C4CC(C)(C)NC(C)(C)C4)nn3)c(O)c2)cn1. The molecular formula is C24H31N7O2. The average Bonchev–Trinajstić information content (AvgIpc) is 3.22. The van der Waals surface area contributed by atoms with Crippen LogP contribution in [0.15, 0.2) is 36.9 Å². The Morgan fingerprint density at radius 3 is 2.39 bits per heavy atom. The number of carbonyl (C=O) groups excluding carboxylic acids is 1. The number of imidazole rings is 1. The normalized spacial score (nSPS) is 17.6. The van der Waals surface area contributed by atoms with E-state index in [1.165, 1.54) is 6.92 Å². The van der Waals surface area contributed by atoms with Crippen molar-refractivity contribution in [1.29, 1.82) is 0 Å². The first-order valence-electron chi connectivity index (χ1n) is 11.0. The third-order valence-electron chi connectivity index (χ3n) is 6.08. The fraction of sp³-hybridized carbons (Fsp3) is 0.458. The third kappa shape index (κ3) is 4.88. The third-order valence-corrected chi connectivity index (χ3v) is 6.08. The Morgan fingerprint density at radius 1 is 1.15 bits per heavy atom. The van der Waals surface area contributed by atoms with Gasteiger partial charge in [-0.1, -0.05) is 0 Å². The molecule has 1 aliphatic heterocycles. The second-order valence-electron chi connectivity index (χ2n) is 10.1. The van der Waals surface area contributed by atoms with Gasteiger partial charge in [0.2, 0.25) is 5.95 Å². The number of piperidine rings is 1. The van der Waals surface area contributed by atoms with E-state index in [0.717, 1.165) is 12.8 Å². The molecule has 1 aliphatic rings. The Morgan fingerprint density at radius 2 is 1.85 bits per heavy atom. The molecule has 3 aromatic rings. The summed E-state index contributed by atoms with van der Waals surface area (Å²) in [7, 11) is 2.01. The molecule has 0 atom stereocenters. The van der Waals surface area contributed by atoms with Gasteiger partial charge in [-0.2, -0.15) is 0 Å². The molecule has 3 heterocycles. The first kappa shape index (κ1) is 22.8. The highest BCUT2D eigenvalue weighted by atomic mass is 16.3. The van der Waals surface area contributed by atoms with Crippen LogP contribution in [-0.2, 0) is 0 Å². The van der Waals surface area contributed by atoms with Gasteiger partial charge in [-0.05, 0) is 52.7 Å². The molecule has 9 heteroatoms. The minimum atomic E-state index is -0.113. The lowest BCUT2D eigenvalue weighted by molar-refractivity contribution is 0.101. The number of rotatable bonds is 5. The molecule has 0 unspecified atom stereocenters. The molecule has 1 saturated heterocycles. The molecule has 2 aromatic heterocycles. The van der Waals surface area contributed by atoms with Crippen LogP contribution in [0.1, 0.15) is 57.9 Å². The van der Waals surface area contributed by atoms with Gasteiger partial charge in [0.05, 0.1) is 11.9 Å². The Labute approximate surface area is 193 Å². The minimum Gasteiger partial charge on any atom is -0.507 e. The van der Waals surface area contributed by atoms with Crippen LogP contribution in [0.2, 0.25) is 0 Å². The zero-order chi connectivity index (χ0) is 24.0. The largest absolute Gasteiger partial charge is 0.507 e. The van der Waals surface area contributed by atoms with Gasteiger partial charge in [0.15, 0.2) is 5.78 Å². The molecule has 1 aromatic carbocycles. The lowest BCUT2D eigenvalue weighted by Crippen LogP contribution is -2.62. The number of carbonyl (C=O) groups is 1. The van der Waals surface area contributed by atoms with E-state index in [-0.39, 0.29) is 28.7 Å². The standard InChI is InChI=1S/C24H31N7O2/c1-15(32)20-13-31(14-26-20)16-7-8-18(21(33)9-16)19-12-25-22(28-27-19)30(6)17-10-23(2,3)29-24(4,5)11-17/h7-9,12-14,17,29,33H,10-11H2,1-6H3. The highest BCUT2D eigenvalue weighted by molar-refractivity contribution is 5.91. The second kappa shape index (κ2) is 8.22. The number of nitrogens with one attached hydrogen (secondary N) is 1. The fourth-order valence-corrected chi connectivity index (χ4v) is 4.80. The van der Waals surface area contributed by atoms with E-state index in [0.29, 0.717) is 28.6 Å². The number of nitrogens with zero attached hydrogens (tertiary/aromatic N) is 6. The molecule has 1 fully saturated rings. The van der Waals surface area contributed by atoms with Crippen molar-refractivity contribution < 1.29 is 9.90 Å². The van der Waals surface area contributed by atoms with Crippen LogP contribution >= 0.6 is 0 Å². The summed E-state index contributed by atoms with van der Waals surface area (Å²) >= 11 is 0. The van der Waals surface area contributed by atoms with Gasteiger partial charge in [0.25, 0.3) is 0 Å². The summed E-state index contributed by atoms with van der Waals surface area (Å²) in [6.45, 7) is 10.3. The number of phenolic OH excluding ortho intramolecular Hbond substituents is 1. The van der Waals surface area contributed by atoms with Crippen molar-refractivity contribution in [2.75, 3.05) is 11.9 Å². The van der Waals surface area contributed by atoms with Gasteiger partial charge in [0, 0.05) is 48.9 Å². The number of aromatic hydroxyl groups is 1. The molecular weight excluding hydrogens is 418 g/mol. The first-order chi connectivity index (χ1) is 15.4. The first-order valence-corrected chi connectivity index (χ1v) is 11.0. The van der Waals surface area contributed by atoms with Crippen molar-refractivity contribution in [3.05, 3.63) is 42.6 Å². The highest BCUT2D eigenvalue weighted by Crippen LogP contribution is 2.33. The number of anilines is 1. The van der Waals surface area contributed by atoms with Crippen molar-refractivity contribution in [3.63, 3.8) is 0 Å². The van der Waals surface area contributed by atoms with Crippen molar-refractivity contribution in [1.82, 2.24) is 30.0 Å². The van der Waals surface area contributed by atoms with Crippen molar-refractivity contribution in [3.8, 4) is 22.7 Å². The topological polar surface area (TPSA) is 109 Å². The summed E-state index contributed by atoms with van der Waals surface area (Å²) in [5, 5.41) is 23.0. The van der Waals surface area contributed by atoms with Gasteiger partial charge in [-0.15, -0.1) is 10.2 Å². The zero-order valence-corrected chi connectivity index (χ0v) is 20.0. The molecule has 0 aliphatic carbocycles. The maximum absolute atomic E-state index is 11.5. The molecule has 9 nitrogen and oxygen atoms in total. The summed E-state index contributed by atoms with van der Waals surface area (Å²) in [5.74, 6) is 0.491. The van der Waals surface area contributed by atoms with Crippen LogP contribution in [0.25, 0.3) is 16.9 Å². The molecule has 2 N–H and O–H groups in total. The van der Waals surface area contributed by atoms with Crippen LogP contribution in [0.3, 0.4) is 0 Å². The maximum atomic E-state index is 11.5. The highest BCUT2D eigenvalue weighted by Gasteiger charge is 2.39. The quantitative estimate of drug-likeness (QED) is 0.571. The Kier molecular flexibility index (Phi) is 5.69.